The van der Waals surface area contributed by atoms with Crippen LogP contribution in [0.1, 0.15) is 47.1 Å². The first kappa shape index (κ1) is 17.1. The third kappa shape index (κ3) is 3.20. The van der Waals surface area contributed by atoms with Gasteiger partial charge in [0.2, 0.25) is 0 Å². The monoisotopic (exact) mass is 294 g/mol. The lowest BCUT2D eigenvalue weighted by atomic mass is 9.65. The zero-order chi connectivity index (χ0) is 15.6. The Morgan fingerprint density at radius 3 is 1.80 bits per heavy atom. The summed E-state index contributed by atoms with van der Waals surface area (Å²) in [6.07, 6.45) is 0. The highest BCUT2D eigenvalue weighted by Crippen LogP contribution is 2.54. The maximum atomic E-state index is 12.1. The van der Waals surface area contributed by atoms with Gasteiger partial charge in [0.25, 0.3) is 0 Å². The lowest BCUT2D eigenvalue weighted by Crippen LogP contribution is -2.56. The summed E-state index contributed by atoms with van der Waals surface area (Å²) in [7, 11) is 0. The Labute approximate surface area is 127 Å². The van der Waals surface area contributed by atoms with Crippen LogP contribution in [-0.4, -0.2) is 15.8 Å². The highest BCUT2D eigenvalue weighted by molar-refractivity contribution is 8.00. The van der Waals surface area contributed by atoms with Crippen LogP contribution >= 0.6 is 11.8 Å². The van der Waals surface area contributed by atoms with Crippen molar-refractivity contribution < 1.29 is 9.90 Å². The van der Waals surface area contributed by atoms with Crippen molar-refractivity contribution in [3.63, 3.8) is 0 Å². The first-order valence-electron chi connectivity index (χ1n) is 6.93. The van der Waals surface area contributed by atoms with Crippen molar-refractivity contribution in [3.8, 4) is 0 Å². The summed E-state index contributed by atoms with van der Waals surface area (Å²) in [6, 6.07) is 10.1. The van der Waals surface area contributed by atoms with Crippen LogP contribution in [0.2, 0.25) is 0 Å². The van der Waals surface area contributed by atoms with Gasteiger partial charge in [-0.2, -0.15) is 0 Å². The molecule has 0 fully saturated rings. The molecule has 0 atom stereocenters. The summed E-state index contributed by atoms with van der Waals surface area (Å²) in [5, 5.41) is 9.95. The van der Waals surface area contributed by atoms with E-state index in [2.05, 4.69) is 0 Å². The SMILES string of the molecule is CC(C)(C)C(SCc1ccccc1)(C(=O)O)C(C)(C)C. The molecule has 112 valence electrons. The van der Waals surface area contributed by atoms with Gasteiger partial charge in [0.15, 0.2) is 0 Å². The Morgan fingerprint density at radius 2 is 1.45 bits per heavy atom. The molecule has 1 N–H and O–H groups in total. The van der Waals surface area contributed by atoms with Crippen molar-refractivity contribution in [2.75, 3.05) is 0 Å². The van der Waals surface area contributed by atoms with Gasteiger partial charge in [-0.15, -0.1) is 11.8 Å². The van der Waals surface area contributed by atoms with E-state index in [4.69, 9.17) is 0 Å². The van der Waals surface area contributed by atoms with E-state index >= 15 is 0 Å². The van der Waals surface area contributed by atoms with E-state index < -0.39 is 10.7 Å². The van der Waals surface area contributed by atoms with Crippen LogP contribution in [0.3, 0.4) is 0 Å². The van der Waals surface area contributed by atoms with E-state index in [1.807, 2.05) is 71.9 Å². The van der Waals surface area contributed by atoms with Crippen LogP contribution in [-0.2, 0) is 10.5 Å². The molecule has 1 aromatic carbocycles. The zero-order valence-electron chi connectivity index (χ0n) is 13.4. The Morgan fingerprint density at radius 1 is 1.00 bits per heavy atom. The van der Waals surface area contributed by atoms with Gasteiger partial charge < -0.3 is 5.11 Å². The van der Waals surface area contributed by atoms with Crippen molar-refractivity contribution in [1.82, 2.24) is 0 Å². The predicted octanol–water partition coefficient (Wildman–Crippen LogP) is 4.84. The van der Waals surface area contributed by atoms with Crippen molar-refractivity contribution >= 4 is 17.7 Å². The zero-order valence-corrected chi connectivity index (χ0v) is 14.2. The van der Waals surface area contributed by atoms with Crippen molar-refractivity contribution in [2.45, 2.75) is 52.0 Å². The van der Waals surface area contributed by atoms with E-state index in [0.29, 0.717) is 5.75 Å². The smallest absolute Gasteiger partial charge is 0.320 e. The molecule has 0 amide bonds. The molecule has 0 heterocycles. The summed E-state index contributed by atoms with van der Waals surface area (Å²) in [6.45, 7) is 12.1. The van der Waals surface area contributed by atoms with Crippen molar-refractivity contribution in [3.05, 3.63) is 35.9 Å². The summed E-state index contributed by atoms with van der Waals surface area (Å²) >= 11 is 1.54. The number of carboxylic acids is 1. The minimum atomic E-state index is -0.837. The van der Waals surface area contributed by atoms with E-state index in [0.717, 1.165) is 5.56 Å². The maximum Gasteiger partial charge on any atom is 0.320 e. The minimum absolute atomic E-state index is 0.337. The fourth-order valence-electron chi connectivity index (χ4n) is 3.03. The fourth-order valence-corrected chi connectivity index (χ4v) is 4.59. The Bertz CT molecular complexity index is 438. The first-order chi connectivity index (χ1) is 9.02. The molecule has 0 aromatic heterocycles. The van der Waals surface area contributed by atoms with E-state index in [-0.39, 0.29) is 10.8 Å². The van der Waals surface area contributed by atoms with E-state index in [1.54, 1.807) is 11.8 Å². The molecule has 2 nitrogen and oxygen atoms in total. The van der Waals surface area contributed by atoms with Gasteiger partial charge in [0, 0.05) is 5.75 Å². The number of hydrogen-bond donors (Lipinski definition) is 1. The summed E-state index contributed by atoms with van der Waals surface area (Å²) < 4.78 is -0.837. The third-order valence-corrected chi connectivity index (χ3v) is 6.02. The second kappa shape index (κ2) is 5.80. The molecule has 0 radical (unpaired) electrons. The molecule has 0 aliphatic rings. The van der Waals surface area contributed by atoms with Crippen LogP contribution in [0.25, 0.3) is 0 Å². The van der Waals surface area contributed by atoms with E-state index in [1.165, 1.54) is 0 Å². The lowest BCUT2D eigenvalue weighted by Gasteiger charge is -2.49. The van der Waals surface area contributed by atoms with Gasteiger partial charge >= 0.3 is 5.97 Å². The van der Waals surface area contributed by atoms with Crippen LogP contribution in [0, 0.1) is 10.8 Å². The quantitative estimate of drug-likeness (QED) is 0.863. The molecule has 0 saturated heterocycles. The lowest BCUT2D eigenvalue weighted by molar-refractivity contribution is -0.147. The number of benzene rings is 1. The van der Waals surface area contributed by atoms with Gasteiger partial charge in [-0.3, -0.25) is 4.79 Å². The van der Waals surface area contributed by atoms with Crippen molar-refractivity contribution in [2.24, 2.45) is 10.8 Å². The minimum Gasteiger partial charge on any atom is -0.480 e. The molecular formula is C17H26O2S. The highest BCUT2D eigenvalue weighted by atomic mass is 32.2. The van der Waals surface area contributed by atoms with Crippen molar-refractivity contribution in [1.29, 1.82) is 0 Å². The average Bonchev–Trinajstić information content (AvgIpc) is 2.26. The molecule has 1 rings (SSSR count). The number of thioether (sulfide) groups is 1. The molecule has 0 bridgehead atoms. The Balaban J connectivity index is 3.15. The topological polar surface area (TPSA) is 37.3 Å². The molecule has 0 saturated carbocycles. The van der Waals surface area contributed by atoms with Crippen LogP contribution < -0.4 is 0 Å². The molecule has 0 aliphatic heterocycles. The average molecular weight is 294 g/mol. The molecule has 20 heavy (non-hydrogen) atoms. The molecule has 1 aromatic rings. The maximum absolute atomic E-state index is 12.1. The molecule has 0 spiro atoms. The fraction of sp³-hybridized carbons (Fsp3) is 0.588. The second-order valence-corrected chi connectivity index (χ2v) is 8.45. The summed E-state index contributed by atoms with van der Waals surface area (Å²) in [5.41, 5.74) is 0.490. The number of carboxylic acid groups (broad SMARTS) is 1. The predicted molar refractivity (Wildman–Crippen MR) is 87.0 cm³/mol. The molecular weight excluding hydrogens is 268 g/mol. The first-order valence-corrected chi connectivity index (χ1v) is 7.92. The second-order valence-electron chi connectivity index (χ2n) is 7.26. The molecule has 0 unspecified atom stereocenters. The third-order valence-electron chi connectivity index (χ3n) is 3.71. The number of carbonyl (C=O) groups is 1. The Kier molecular flexibility index (Phi) is 4.96. The normalized spacial score (nSPS) is 13.3. The summed E-state index contributed by atoms with van der Waals surface area (Å²) in [5.74, 6) is -0.0137. The van der Waals surface area contributed by atoms with Gasteiger partial charge in [-0.05, 0) is 16.4 Å². The number of aliphatic carboxylic acids is 1. The standard InChI is InChI=1S/C17H26O2S/c1-15(2,3)17(14(18)19,16(4,5)6)20-12-13-10-8-7-9-11-13/h7-11H,12H2,1-6H3,(H,18,19). The van der Waals surface area contributed by atoms with Crippen LogP contribution in [0.4, 0.5) is 0 Å². The van der Waals surface area contributed by atoms with Gasteiger partial charge in [-0.25, -0.2) is 0 Å². The van der Waals surface area contributed by atoms with E-state index in [9.17, 15) is 9.90 Å². The molecule has 0 aliphatic carbocycles. The largest absolute Gasteiger partial charge is 0.480 e. The van der Waals surface area contributed by atoms with Crippen LogP contribution in [0.5, 0.6) is 0 Å². The van der Waals surface area contributed by atoms with Gasteiger partial charge in [0.1, 0.15) is 4.75 Å². The molecule has 3 heteroatoms. The number of rotatable bonds is 4. The highest BCUT2D eigenvalue weighted by Gasteiger charge is 2.57. The Hall–Kier alpha value is -0.960. The van der Waals surface area contributed by atoms with Gasteiger partial charge in [-0.1, -0.05) is 71.9 Å². The summed E-state index contributed by atoms with van der Waals surface area (Å²) in [4.78, 5) is 12.1. The van der Waals surface area contributed by atoms with Gasteiger partial charge in [0.05, 0.1) is 0 Å². The number of hydrogen-bond acceptors (Lipinski definition) is 2. The van der Waals surface area contributed by atoms with Crippen LogP contribution in [0.15, 0.2) is 30.3 Å².